The number of unbranched alkanes of at least 4 members (excludes halogenated alkanes) is 9. The van der Waals surface area contributed by atoms with E-state index in [1.807, 2.05) is 6.08 Å². The van der Waals surface area contributed by atoms with Gasteiger partial charge in [-0.25, -0.2) is 0 Å². The summed E-state index contributed by atoms with van der Waals surface area (Å²) in [6, 6.07) is 21.6. The molecule has 0 heterocycles. The van der Waals surface area contributed by atoms with E-state index in [9.17, 15) is 0 Å². The zero-order valence-corrected chi connectivity index (χ0v) is 20.0. The van der Waals surface area contributed by atoms with Crippen molar-refractivity contribution in [2.24, 2.45) is 0 Å². The molecule has 32 heavy (non-hydrogen) atoms. The standard InChI is InChI=1S/C31H40O/c1-3-5-6-7-8-9-10-11-12-15-25-32-28-22-19-27(20-23-28)30-24-21-26-17-13-14-18-29(26)31(30)16-4-2/h4,13-14,17-24H,2-3,5-12,15-16,25H2,1H3. The van der Waals surface area contributed by atoms with Crippen molar-refractivity contribution in [3.8, 4) is 16.9 Å². The van der Waals surface area contributed by atoms with Crippen LogP contribution in [0, 0.1) is 0 Å². The molecule has 0 atom stereocenters. The number of hydrogen-bond donors (Lipinski definition) is 0. The van der Waals surface area contributed by atoms with Gasteiger partial charge in [0, 0.05) is 0 Å². The second kappa shape index (κ2) is 13.8. The Hall–Kier alpha value is -2.54. The highest BCUT2D eigenvalue weighted by Crippen LogP contribution is 2.32. The zero-order chi connectivity index (χ0) is 22.4. The van der Waals surface area contributed by atoms with Gasteiger partial charge < -0.3 is 4.74 Å². The minimum atomic E-state index is 0.813. The van der Waals surface area contributed by atoms with Crippen molar-refractivity contribution in [1.82, 2.24) is 0 Å². The molecular formula is C31H40O. The monoisotopic (exact) mass is 428 g/mol. The van der Waals surface area contributed by atoms with Gasteiger partial charge in [0.05, 0.1) is 6.61 Å². The SMILES string of the molecule is C=CCc1c(-c2ccc(OCCCCCCCCCCCC)cc2)ccc2ccccc12. The van der Waals surface area contributed by atoms with Crippen LogP contribution in [0.3, 0.4) is 0 Å². The Balaban J connectivity index is 1.45. The van der Waals surface area contributed by atoms with Gasteiger partial charge in [0.25, 0.3) is 0 Å². The van der Waals surface area contributed by atoms with Crippen LogP contribution < -0.4 is 4.74 Å². The van der Waals surface area contributed by atoms with Crippen LogP contribution in [-0.2, 0) is 6.42 Å². The van der Waals surface area contributed by atoms with Crippen molar-refractivity contribution >= 4 is 10.8 Å². The van der Waals surface area contributed by atoms with E-state index >= 15 is 0 Å². The van der Waals surface area contributed by atoms with Crippen LogP contribution in [-0.4, -0.2) is 6.61 Å². The predicted octanol–water partition coefficient (Wildman–Crippen LogP) is 9.53. The summed E-state index contributed by atoms with van der Waals surface area (Å²) in [6.07, 6.45) is 16.4. The second-order valence-electron chi connectivity index (χ2n) is 8.86. The third kappa shape index (κ3) is 7.26. The fourth-order valence-electron chi connectivity index (χ4n) is 4.48. The van der Waals surface area contributed by atoms with Crippen molar-refractivity contribution in [1.29, 1.82) is 0 Å². The summed E-state index contributed by atoms with van der Waals surface area (Å²) in [5.74, 6) is 0.968. The maximum Gasteiger partial charge on any atom is 0.119 e. The smallest absolute Gasteiger partial charge is 0.119 e. The van der Waals surface area contributed by atoms with Gasteiger partial charge in [0.15, 0.2) is 0 Å². The molecule has 0 spiro atoms. The first-order chi connectivity index (χ1) is 15.8. The van der Waals surface area contributed by atoms with Gasteiger partial charge in [-0.2, -0.15) is 0 Å². The summed E-state index contributed by atoms with van der Waals surface area (Å²) in [5.41, 5.74) is 3.86. The first kappa shape index (κ1) is 24.1. The first-order valence-electron chi connectivity index (χ1n) is 12.7. The van der Waals surface area contributed by atoms with Gasteiger partial charge in [-0.1, -0.05) is 119 Å². The van der Waals surface area contributed by atoms with Crippen LogP contribution >= 0.6 is 0 Å². The summed E-state index contributed by atoms with van der Waals surface area (Å²) >= 11 is 0. The normalized spacial score (nSPS) is 11.0. The van der Waals surface area contributed by atoms with Crippen LogP contribution in [0.25, 0.3) is 21.9 Å². The average Bonchev–Trinajstić information content (AvgIpc) is 2.83. The predicted molar refractivity (Wildman–Crippen MR) is 141 cm³/mol. The summed E-state index contributed by atoms with van der Waals surface area (Å²) in [4.78, 5) is 0. The minimum absolute atomic E-state index is 0.813. The second-order valence-corrected chi connectivity index (χ2v) is 8.86. The average molecular weight is 429 g/mol. The molecule has 3 rings (SSSR count). The van der Waals surface area contributed by atoms with E-state index in [-0.39, 0.29) is 0 Å². The molecule has 0 unspecified atom stereocenters. The molecule has 0 aliphatic rings. The third-order valence-electron chi connectivity index (χ3n) is 6.32. The van der Waals surface area contributed by atoms with Gasteiger partial charge in [-0.3, -0.25) is 0 Å². The van der Waals surface area contributed by atoms with Crippen LogP contribution in [0.2, 0.25) is 0 Å². The topological polar surface area (TPSA) is 9.23 Å². The molecule has 0 radical (unpaired) electrons. The molecule has 0 saturated carbocycles. The lowest BCUT2D eigenvalue weighted by molar-refractivity contribution is 0.304. The van der Waals surface area contributed by atoms with E-state index in [1.54, 1.807) is 0 Å². The number of ether oxygens (including phenoxy) is 1. The molecule has 0 aromatic heterocycles. The Kier molecular flexibility index (Phi) is 10.4. The summed E-state index contributed by atoms with van der Waals surface area (Å²) in [6.45, 7) is 7.06. The molecule has 170 valence electrons. The minimum Gasteiger partial charge on any atom is -0.494 e. The lowest BCUT2D eigenvalue weighted by atomic mass is 9.92. The highest BCUT2D eigenvalue weighted by Gasteiger charge is 2.09. The Labute approximate surface area is 195 Å². The van der Waals surface area contributed by atoms with Crippen LogP contribution in [0.1, 0.15) is 76.7 Å². The highest BCUT2D eigenvalue weighted by atomic mass is 16.5. The molecule has 0 aliphatic heterocycles. The van der Waals surface area contributed by atoms with E-state index < -0.39 is 0 Å². The maximum atomic E-state index is 6.00. The molecule has 0 bridgehead atoms. The molecule has 0 amide bonds. The number of fused-ring (bicyclic) bond motifs is 1. The van der Waals surface area contributed by atoms with Gasteiger partial charge in [0.1, 0.15) is 5.75 Å². The van der Waals surface area contributed by atoms with Gasteiger partial charge in [-0.15, -0.1) is 6.58 Å². The Bertz CT molecular complexity index is 938. The van der Waals surface area contributed by atoms with E-state index in [2.05, 4.69) is 74.2 Å². The summed E-state index contributed by atoms with van der Waals surface area (Å²) in [7, 11) is 0. The quantitative estimate of drug-likeness (QED) is 0.173. The Morgan fingerprint density at radius 1 is 0.719 bits per heavy atom. The largest absolute Gasteiger partial charge is 0.494 e. The fraction of sp³-hybridized carbons (Fsp3) is 0.419. The van der Waals surface area contributed by atoms with Crippen molar-refractivity contribution < 1.29 is 4.74 Å². The molecule has 0 aliphatic carbocycles. The maximum absolute atomic E-state index is 6.00. The zero-order valence-electron chi connectivity index (χ0n) is 20.0. The first-order valence-corrected chi connectivity index (χ1v) is 12.7. The lowest BCUT2D eigenvalue weighted by Crippen LogP contribution is -1.97. The summed E-state index contributed by atoms with van der Waals surface area (Å²) < 4.78 is 6.00. The van der Waals surface area contributed by atoms with E-state index in [0.29, 0.717) is 0 Å². The van der Waals surface area contributed by atoms with Crippen molar-refractivity contribution in [3.63, 3.8) is 0 Å². The van der Waals surface area contributed by atoms with Gasteiger partial charge in [0.2, 0.25) is 0 Å². The Morgan fingerprint density at radius 3 is 2.06 bits per heavy atom. The molecule has 0 saturated heterocycles. The Morgan fingerprint density at radius 2 is 1.38 bits per heavy atom. The molecular weight excluding hydrogens is 388 g/mol. The fourth-order valence-corrected chi connectivity index (χ4v) is 4.48. The van der Waals surface area contributed by atoms with Crippen LogP contribution in [0.5, 0.6) is 5.75 Å². The van der Waals surface area contributed by atoms with Crippen molar-refractivity contribution in [3.05, 3.63) is 78.9 Å². The third-order valence-corrected chi connectivity index (χ3v) is 6.32. The summed E-state index contributed by atoms with van der Waals surface area (Å²) in [5, 5.41) is 2.59. The molecule has 0 N–H and O–H groups in total. The van der Waals surface area contributed by atoms with Gasteiger partial charge in [-0.05, 0) is 52.4 Å². The van der Waals surface area contributed by atoms with E-state index in [1.165, 1.54) is 85.3 Å². The molecule has 3 aromatic carbocycles. The number of allylic oxidation sites excluding steroid dienone is 1. The van der Waals surface area contributed by atoms with E-state index in [4.69, 9.17) is 4.74 Å². The number of hydrogen-bond acceptors (Lipinski definition) is 1. The highest BCUT2D eigenvalue weighted by molar-refractivity contribution is 5.92. The molecule has 1 nitrogen and oxygen atoms in total. The molecule has 1 heteroatoms. The van der Waals surface area contributed by atoms with E-state index in [0.717, 1.165) is 25.2 Å². The molecule has 0 fully saturated rings. The molecule has 3 aromatic rings. The van der Waals surface area contributed by atoms with Crippen LogP contribution in [0.15, 0.2) is 73.3 Å². The number of benzene rings is 3. The van der Waals surface area contributed by atoms with Crippen molar-refractivity contribution in [2.75, 3.05) is 6.61 Å². The lowest BCUT2D eigenvalue weighted by Gasteiger charge is -2.13. The van der Waals surface area contributed by atoms with Gasteiger partial charge >= 0.3 is 0 Å². The number of rotatable bonds is 15. The van der Waals surface area contributed by atoms with Crippen molar-refractivity contribution in [2.45, 2.75) is 77.6 Å². The van der Waals surface area contributed by atoms with Crippen LogP contribution in [0.4, 0.5) is 0 Å².